The molecule has 0 saturated carbocycles. The summed E-state index contributed by atoms with van der Waals surface area (Å²) >= 11 is 1.66. The first kappa shape index (κ1) is 25.2. The molecule has 37 heavy (non-hydrogen) atoms. The normalized spacial score (nSPS) is 14.2. The monoisotopic (exact) mass is 511 g/mol. The van der Waals surface area contributed by atoms with E-state index < -0.39 is 0 Å². The lowest BCUT2D eigenvalue weighted by atomic mass is 10.1. The van der Waals surface area contributed by atoms with Crippen molar-refractivity contribution in [2.75, 3.05) is 32.7 Å². The predicted molar refractivity (Wildman–Crippen MR) is 150 cm³/mol. The van der Waals surface area contributed by atoms with E-state index >= 15 is 0 Å². The summed E-state index contributed by atoms with van der Waals surface area (Å²) in [5, 5.41) is 10.0. The second-order valence-electron chi connectivity index (χ2n) is 9.51. The molecule has 0 atom stereocenters. The van der Waals surface area contributed by atoms with Gasteiger partial charge < -0.3 is 9.80 Å². The standard InChI is InChI=1S/C30H33N5OS/c1-4-33-17-19-34(20-18-33)29(36)26-15-11-24(12-16-26)21-37-30-32-31-28(25-13-9-22(2)10-14-25)35(30)27-8-6-5-7-23(27)3/h5-16H,4,17-21H2,1-3H3. The number of benzene rings is 3. The lowest BCUT2D eigenvalue weighted by Crippen LogP contribution is -2.48. The molecule has 1 aliphatic heterocycles. The minimum absolute atomic E-state index is 0.122. The number of aryl methyl sites for hydroxylation is 2. The zero-order valence-corrected chi connectivity index (χ0v) is 22.5. The zero-order chi connectivity index (χ0) is 25.8. The van der Waals surface area contributed by atoms with Crippen LogP contribution < -0.4 is 0 Å². The van der Waals surface area contributed by atoms with Gasteiger partial charge in [0.2, 0.25) is 0 Å². The number of carbonyl (C=O) groups excluding carboxylic acids is 1. The van der Waals surface area contributed by atoms with Gasteiger partial charge in [0.15, 0.2) is 11.0 Å². The Labute approximate surface area is 223 Å². The average Bonchev–Trinajstić information content (AvgIpc) is 3.36. The molecule has 7 heteroatoms. The van der Waals surface area contributed by atoms with Crippen LogP contribution in [-0.2, 0) is 5.75 Å². The van der Waals surface area contributed by atoms with Crippen LogP contribution in [0.2, 0.25) is 0 Å². The summed E-state index contributed by atoms with van der Waals surface area (Å²) in [6.45, 7) is 10.9. The van der Waals surface area contributed by atoms with E-state index in [2.05, 4.69) is 89.0 Å². The van der Waals surface area contributed by atoms with Crippen molar-refractivity contribution in [2.45, 2.75) is 31.7 Å². The largest absolute Gasteiger partial charge is 0.336 e. The van der Waals surface area contributed by atoms with Crippen LogP contribution in [0.5, 0.6) is 0 Å². The molecule has 1 saturated heterocycles. The number of thioether (sulfide) groups is 1. The van der Waals surface area contributed by atoms with Crippen LogP contribution in [0, 0.1) is 13.8 Å². The first-order valence-electron chi connectivity index (χ1n) is 12.9. The second kappa shape index (κ2) is 11.3. The average molecular weight is 512 g/mol. The lowest BCUT2D eigenvalue weighted by Gasteiger charge is -2.34. The molecule has 0 spiro atoms. The summed E-state index contributed by atoms with van der Waals surface area (Å²) in [5.41, 5.74) is 6.40. The Morgan fingerprint density at radius 2 is 1.57 bits per heavy atom. The van der Waals surface area contributed by atoms with Crippen LogP contribution in [0.4, 0.5) is 0 Å². The van der Waals surface area contributed by atoms with Crippen LogP contribution >= 0.6 is 11.8 Å². The van der Waals surface area contributed by atoms with Gasteiger partial charge in [-0.25, -0.2) is 0 Å². The van der Waals surface area contributed by atoms with Crippen molar-refractivity contribution >= 4 is 17.7 Å². The van der Waals surface area contributed by atoms with Crippen LogP contribution in [0.25, 0.3) is 17.1 Å². The van der Waals surface area contributed by atoms with Gasteiger partial charge >= 0.3 is 0 Å². The first-order chi connectivity index (χ1) is 18.0. The SMILES string of the molecule is CCN1CCN(C(=O)c2ccc(CSc3nnc(-c4ccc(C)cc4)n3-c3ccccc3C)cc2)CC1. The maximum atomic E-state index is 13.0. The van der Waals surface area contributed by atoms with E-state index in [1.54, 1.807) is 11.8 Å². The van der Waals surface area contributed by atoms with E-state index in [0.717, 1.165) is 71.8 Å². The smallest absolute Gasteiger partial charge is 0.253 e. The van der Waals surface area contributed by atoms with Gasteiger partial charge in [0, 0.05) is 43.1 Å². The first-order valence-corrected chi connectivity index (χ1v) is 13.8. The molecule has 2 heterocycles. The minimum Gasteiger partial charge on any atom is -0.336 e. The highest BCUT2D eigenvalue weighted by molar-refractivity contribution is 7.98. The number of para-hydroxylation sites is 1. The van der Waals surface area contributed by atoms with Gasteiger partial charge in [-0.2, -0.15) is 0 Å². The zero-order valence-electron chi connectivity index (χ0n) is 21.7. The molecule has 1 fully saturated rings. The Bertz CT molecular complexity index is 1360. The van der Waals surface area contributed by atoms with Crippen LogP contribution in [0.15, 0.2) is 78.0 Å². The number of aromatic nitrogens is 3. The van der Waals surface area contributed by atoms with Crippen LogP contribution in [0.1, 0.15) is 34.0 Å². The van der Waals surface area contributed by atoms with Crippen molar-refractivity contribution in [1.82, 2.24) is 24.6 Å². The van der Waals surface area contributed by atoms with Crippen molar-refractivity contribution in [1.29, 1.82) is 0 Å². The number of amides is 1. The number of hydrogen-bond donors (Lipinski definition) is 0. The number of hydrogen-bond acceptors (Lipinski definition) is 5. The maximum absolute atomic E-state index is 13.0. The molecule has 6 nitrogen and oxygen atoms in total. The number of piperazine rings is 1. The Balaban J connectivity index is 1.33. The summed E-state index contributed by atoms with van der Waals surface area (Å²) in [6.07, 6.45) is 0. The molecular formula is C30H33N5OS. The Kier molecular flexibility index (Phi) is 7.72. The molecule has 0 aliphatic carbocycles. The predicted octanol–water partition coefficient (Wildman–Crippen LogP) is 5.62. The third-order valence-corrected chi connectivity index (χ3v) is 7.98. The molecule has 1 aliphatic rings. The summed E-state index contributed by atoms with van der Waals surface area (Å²) in [5.74, 6) is 1.69. The van der Waals surface area contributed by atoms with Gasteiger partial charge in [0.1, 0.15) is 0 Å². The Morgan fingerprint density at radius 3 is 2.24 bits per heavy atom. The fourth-order valence-corrected chi connectivity index (χ4v) is 5.53. The highest BCUT2D eigenvalue weighted by Gasteiger charge is 2.21. The van der Waals surface area contributed by atoms with Crippen molar-refractivity contribution in [3.63, 3.8) is 0 Å². The Morgan fingerprint density at radius 1 is 0.865 bits per heavy atom. The summed E-state index contributed by atoms with van der Waals surface area (Å²) in [4.78, 5) is 17.3. The summed E-state index contributed by atoms with van der Waals surface area (Å²) in [7, 11) is 0. The van der Waals surface area contributed by atoms with Gasteiger partial charge in [-0.1, -0.05) is 78.8 Å². The van der Waals surface area contributed by atoms with E-state index in [-0.39, 0.29) is 5.91 Å². The third kappa shape index (κ3) is 5.63. The fraction of sp³-hybridized carbons (Fsp3) is 0.300. The number of rotatable bonds is 7. The number of likely N-dealkylation sites (N-methyl/N-ethyl adjacent to an activating group) is 1. The summed E-state index contributed by atoms with van der Waals surface area (Å²) < 4.78 is 2.15. The highest BCUT2D eigenvalue weighted by atomic mass is 32.2. The minimum atomic E-state index is 0.122. The molecule has 3 aromatic carbocycles. The Hall–Kier alpha value is -3.42. The van der Waals surface area contributed by atoms with Gasteiger partial charge in [-0.15, -0.1) is 10.2 Å². The van der Waals surface area contributed by atoms with Crippen LogP contribution in [-0.4, -0.2) is 63.2 Å². The molecule has 1 aromatic heterocycles. The van der Waals surface area contributed by atoms with Gasteiger partial charge in [-0.05, 0) is 49.7 Å². The molecule has 0 N–H and O–H groups in total. The van der Waals surface area contributed by atoms with E-state index in [9.17, 15) is 4.79 Å². The molecule has 1 amide bonds. The van der Waals surface area contributed by atoms with Crippen molar-refractivity contribution in [2.24, 2.45) is 0 Å². The summed E-state index contributed by atoms with van der Waals surface area (Å²) in [6, 6.07) is 24.7. The molecular weight excluding hydrogens is 478 g/mol. The van der Waals surface area contributed by atoms with E-state index in [0.29, 0.717) is 0 Å². The van der Waals surface area contributed by atoms with Gasteiger partial charge in [0.25, 0.3) is 5.91 Å². The van der Waals surface area contributed by atoms with Crippen LogP contribution in [0.3, 0.4) is 0 Å². The molecule has 0 unspecified atom stereocenters. The van der Waals surface area contributed by atoms with Crippen molar-refractivity contribution < 1.29 is 4.79 Å². The quantitative estimate of drug-likeness (QED) is 0.302. The molecule has 0 bridgehead atoms. The van der Waals surface area contributed by atoms with E-state index in [1.807, 2.05) is 29.2 Å². The van der Waals surface area contributed by atoms with E-state index in [1.165, 1.54) is 11.1 Å². The van der Waals surface area contributed by atoms with Gasteiger partial charge in [-0.3, -0.25) is 9.36 Å². The number of carbonyl (C=O) groups is 1. The molecule has 5 rings (SSSR count). The number of nitrogens with zero attached hydrogens (tertiary/aromatic N) is 5. The highest BCUT2D eigenvalue weighted by Crippen LogP contribution is 2.31. The van der Waals surface area contributed by atoms with Crippen molar-refractivity contribution in [3.8, 4) is 17.1 Å². The molecule has 190 valence electrons. The topological polar surface area (TPSA) is 54.3 Å². The van der Waals surface area contributed by atoms with Crippen molar-refractivity contribution in [3.05, 3.63) is 95.1 Å². The maximum Gasteiger partial charge on any atom is 0.253 e. The molecule has 4 aromatic rings. The van der Waals surface area contributed by atoms with Gasteiger partial charge in [0.05, 0.1) is 5.69 Å². The lowest BCUT2D eigenvalue weighted by molar-refractivity contribution is 0.0643. The molecule has 0 radical (unpaired) electrons. The fourth-order valence-electron chi connectivity index (χ4n) is 4.63. The second-order valence-corrected chi connectivity index (χ2v) is 10.4. The van der Waals surface area contributed by atoms with E-state index in [4.69, 9.17) is 0 Å². The third-order valence-electron chi connectivity index (χ3n) is 6.98.